The Labute approximate surface area is 124 Å². The smallest absolute Gasteiger partial charge is 0.213 e. The van der Waals surface area contributed by atoms with Crippen molar-refractivity contribution in [2.45, 2.75) is 0 Å². The van der Waals surface area contributed by atoms with Crippen LogP contribution in [0.4, 0.5) is 0 Å². The molecule has 2 nitrogen and oxygen atoms in total. The van der Waals surface area contributed by atoms with Crippen LogP contribution in [0.2, 0.25) is 20.1 Å². The van der Waals surface area contributed by atoms with Crippen LogP contribution in [0, 0.1) is 0 Å². The fourth-order valence-electron chi connectivity index (χ4n) is 1.47. The van der Waals surface area contributed by atoms with E-state index in [0.29, 0.717) is 37.1 Å². The summed E-state index contributed by atoms with van der Waals surface area (Å²) in [5.74, 6) is 0.441. The number of methoxy groups -OCH3 is 1. The van der Waals surface area contributed by atoms with E-state index in [1.807, 2.05) is 0 Å². The van der Waals surface area contributed by atoms with Crippen LogP contribution in [-0.2, 0) is 0 Å². The molecule has 1 aromatic heterocycles. The number of pyridine rings is 1. The van der Waals surface area contributed by atoms with E-state index in [4.69, 9.17) is 51.1 Å². The van der Waals surface area contributed by atoms with Gasteiger partial charge in [-0.2, -0.15) is 0 Å². The number of aromatic nitrogens is 1. The molecule has 0 aliphatic rings. The Morgan fingerprint density at radius 3 is 2.33 bits per heavy atom. The van der Waals surface area contributed by atoms with Gasteiger partial charge in [-0.15, -0.1) is 0 Å². The van der Waals surface area contributed by atoms with Gasteiger partial charge in [0, 0.05) is 17.2 Å². The summed E-state index contributed by atoms with van der Waals surface area (Å²) in [5, 5.41) is 1.49. The van der Waals surface area contributed by atoms with Crippen molar-refractivity contribution in [2.75, 3.05) is 7.11 Å². The third kappa shape index (κ3) is 2.52. The van der Waals surface area contributed by atoms with Gasteiger partial charge in [-0.3, -0.25) is 0 Å². The molecule has 2 aromatic rings. The molecular weight excluding hydrogens is 316 g/mol. The molecule has 94 valence electrons. The van der Waals surface area contributed by atoms with E-state index in [1.54, 1.807) is 18.2 Å². The van der Waals surface area contributed by atoms with Crippen LogP contribution in [0.3, 0.4) is 0 Å². The van der Waals surface area contributed by atoms with E-state index in [0.717, 1.165) is 0 Å². The monoisotopic (exact) mass is 321 g/mol. The largest absolute Gasteiger partial charge is 0.481 e. The molecule has 0 unspecified atom stereocenters. The molecule has 0 atom stereocenters. The molecule has 18 heavy (non-hydrogen) atoms. The molecule has 0 fully saturated rings. The van der Waals surface area contributed by atoms with E-state index in [9.17, 15) is 0 Å². The highest BCUT2D eigenvalue weighted by atomic mass is 35.5. The molecule has 0 saturated carbocycles. The van der Waals surface area contributed by atoms with Crippen LogP contribution >= 0.6 is 46.4 Å². The summed E-state index contributed by atoms with van der Waals surface area (Å²) in [7, 11) is 1.52. The molecule has 0 spiro atoms. The maximum absolute atomic E-state index is 6.16. The lowest BCUT2D eigenvalue weighted by molar-refractivity contribution is 0.398. The number of hydrogen-bond acceptors (Lipinski definition) is 2. The van der Waals surface area contributed by atoms with Gasteiger partial charge in [-0.05, 0) is 6.07 Å². The van der Waals surface area contributed by atoms with Crippen LogP contribution in [0.5, 0.6) is 5.88 Å². The average Bonchev–Trinajstić information content (AvgIpc) is 2.37. The lowest BCUT2D eigenvalue weighted by Gasteiger charge is -2.10. The first-order chi connectivity index (χ1) is 8.54. The molecule has 6 heteroatoms. The first-order valence-electron chi connectivity index (χ1n) is 4.88. The molecule has 2 rings (SSSR count). The second-order valence-corrected chi connectivity index (χ2v) is 5.00. The predicted octanol–water partition coefficient (Wildman–Crippen LogP) is 5.37. The van der Waals surface area contributed by atoms with Crippen LogP contribution in [0.1, 0.15) is 0 Å². The van der Waals surface area contributed by atoms with E-state index < -0.39 is 0 Å². The van der Waals surface area contributed by atoms with Crippen molar-refractivity contribution >= 4 is 46.4 Å². The van der Waals surface area contributed by atoms with E-state index in [2.05, 4.69) is 4.98 Å². The number of hydrogen-bond donors (Lipinski definition) is 0. The summed E-state index contributed by atoms with van der Waals surface area (Å²) in [4.78, 5) is 4.00. The fourth-order valence-corrected chi connectivity index (χ4v) is 2.31. The Morgan fingerprint density at radius 2 is 1.67 bits per heavy atom. The Morgan fingerprint density at radius 1 is 0.944 bits per heavy atom. The highest BCUT2D eigenvalue weighted by molar-refractivity contribution is 6.49. The third-order valence-corrected chi connectivity index (χ3v) is 3.96. The van der Waals surface area contributed by atoms with Crippen molar-refractivity contribution in [1.82, 2.24) is 4.98 Å². The van der Waals surface area contributed by atoms with Crippen molar-refractivity contribution in [3.63, 3.8) is 0 Å². The highest BCUT2D eigenvalue weighted by Gasteiger charge is 2.14. The van der Waals surface area contributed by atoms with Crippen molar-refractivity contribution in [1.29, 1.82) is 0 Å². The van der Waals surface area contributed by atoms with Crippen molar-refractivity contribution in [2.24, 2.45) is 0 Å². The van der Waals surface area contributed by atoms with Crippen molar-refractivity contribution in [3.8, 4) is 17.0 Å². The SMILES string of the molecule is COc1cc(-c2ccc(Cl)c(Cl)c2Cl)c(Cl)cn1. The topological polar surface area (TPSA) is 22.1 Å². The van der Waals surface area contributed by atoms with Gasteiger partial charge < -0.3 is 4.74 Å². The quantitative estimate of drug-likeness (QED) is 0.693. The standard InChI is InChI=1S/C12H7Cl4NO/c1-18-10-4-7(9(14)5-17-10)6-2-3-8(13)12(16)11(6)15/h2-5H,1H3. The zero-order valence-electron chi connectivity index (χ0n) is 9.18. The minimum absolute atomic E-state index is 0.294. The van der Waals surface area contributed by atoms with Gasteiger partial charge in [0.15, 0.2) is 0 Å². The van der Waals surface area contributed by atoms with Gasteiger partial charge in [0.2, 0.25) is 5.88 Å². The third-order valence-electron chi connectivity index (χ3n) is 2.36. The molecule has 1 aromatic carbocycles. The van der Waals surface area contributed by atoms with Crippen LogP contribution < -0.4 is 4.74 Å². The number of nitrogens with zero attached hydrogens (tertiary/aromatic N) is 1. The van der Waals surface area contributed by atoms with Gasteiger partial charge in [0.25, 0.3) is 0 Å². The molecule has 0 aliphatic heterocycles. The second kappa shape index (κ2) is 5.54. The molecule has 0 bridgehead atoms. The lowest BCUT2D eigenvalue weighted by atomic mass is 10.1. The number of halogens is 4. The first kappa shape index (κ1) is 13.8. The fraction of sp³-hybridized carbons (Fsp3) is 0.0833. The minimum Gasteiger partial charge on any atom is -0.481 e. The van der Waals surface area contributed by atoms with E-state index >= 15 is 0 Å². The normalized spacial score (nSPS) is 10.5. The predicted molar refractivity (Wildman–Crippen MR) is 76.3 cm³/mol. The van der Waals surface area contributed by atoms with Gasteiger partial charge >= 0.3 is 0 Å². The summed E-state index contributed by atoms with van der Waals surface area (Å²) in [5.41, 5.74) is 1.36. The summed E-state index contributed by atoms with van der Waals surface area (Å²) >= 11 is 24.2. The minimum atomic E-state index is 0.294. The van der Waals surface area contributed by atoms with Crippen molar-refractivity contribution < 1.29 is 4.74 Å². The lowest BCUT2D eigenvalue weighted by Crippen LogP contribution is -1.90. The number of ether oxygens (including phenoxy) is 1. The molecule has 0 radical (unpaired) electrons. The number of rotatable bonds is 2. The molecule has 1 heterocycles. The zero-order chi connectivity index (χ0) is 13.3. The Bertz CT molecular complexity index is 601. The highest BCUT2D eigenvalue weighted by Crippen LogP contribution is 2.40. The molecule has 0 saturated heterocycles. The van der Waals surface area contributed by atoms with E-state index in [-0.39, 0.29) is 0 Å². The average molecular weight is 323 g/mol. The summed E-state index contributed by atoms with van der Waals surface area (Å²) in [6.07, 6.45) is 1.49. The Kier molecular flexibility index (Phi) is 4.23. The molecular formula is C12H7Cl4NO. The Hall–Kier alpha value is -0.670. The molecule has 0 amide bonds. The van der Waals surface area contributed by atoms with Gasteiger partial charge in [-0.25, -0.2) is 4.98 Å². The van der Waals surface area contributed by atoms with Crippen LogP contribution in [0.15, 0.2) is 24.4 Å². The number of benzene rings is 1. The first-order valence-corrected chi connectivity index (χ1v) is 6.39. The summed E-state index contributed by atoms with van der Waals surface area (Å²) in [6, 6.07) is 5.10. The van der Waals surface area contributed by atoms with Gasteiger partial charge in [-0.1, -0.05) is 52.5 Å². The second-order valence-electron chi connectivity index (χ2n) is 3.43. The Balaban J connectivity index is 2.65. The molecule has 0 N–H and O–H groups in total. The van der Waals surface area contributed by atoms with Crippen LogP contribution in [0.25, 0.3) is 11.1 Å². The van der Waals surface area contributed by atoms with E-state index in [1.165, 1.54) is 13.3 Å². The maximum atomic E-state index is 6.16. The molecule has 0 aliphatic carbocycles. The maximum Gasteiger partial charge on any atom is 0.213 e. The van der Waals surface area contributed by atoms with Gasteiger partial charge in [0.05, 0.1) is 33.4 Å². The van der Waals surface area contributed by atoms with Gasteiger partial charge in [0.1, 0.15) is 0 Å². The summed E-state index contributed by atoms with van der Waals surface area (Å²) in [6.45, 7) is 0. The van der Waals surface area contributed by atoms with Crippen molar-refractivity contribution in [3.05, 3.63) is 44.5 Å². The zero-order valence-corrected chi connectivity index (χ0v) is 12.2. The summed E-state index contributed by atoms with van der Waals surface area (Å²) < 4.78 is 5.05. The van der Waals surface area contributed by atoms with Crippen LogP contribution in [-0.4, -0.2) is 12.1 Å².